The molecule has 17 heavy (non-hydrogen) atoms. The zero-order chi connectivity index (χ0) is 11.9. The van der Waals surface area contributed by atoms with Crippen LogP contribution in [0.2, 0.25) is 0 Å². The van der Waals surface area contributed by atoms with E-state index in [0.29, 0.717) is 6.61 Å². The summed E-state index contributed by atoms with van der Waals surface area (Å²) in [6.07, 6.45) is 3.28. The van der Waals surface area contributed by atoms with Gasteiger partial charge in [-0.25, -0.2) is 0 Å². The highest BCUT2D eigenvalue weighted by Crippen LogP contribution is 2.13. The number of hydrogen-bond donors (Lipinski definition) is 0. The van der Waals surface area contributed by atoms with Crippen LogP contribution >= 0.6 is 0 Å². The van der Waals surface area contributed by atoms with Crippen molar-refractivity contribution in [3.8, 4) is 11.8 Å². The molecule has 1 aliphatic rings. The first kappa shape index (κ1) is 12.2. The van der Waals surface area contributed by atoms with Crippen LogP contribution in [-0.2, 0) is 9.47 Å². The van der Waals surface area contributed by atoms with Gasteiger partial charge in [0.25, 0.3) is 0 Å². The average molecular weight is 230 g/mol. The van der Waals surface area contributed by atoms with E-state index in [1.165, 1.54) is 12.0 Å². The maximum atomic E-state index is 5.55. The topological polar surface area (TPSA) is 18.5 Å². The number of aryl methyl sites for hydroxylation is 1. The van der Waals surface area contributed by atoms with Gasteiger partial charge in [-0.05, 0) is 37.8 Å². The lowest BCUT2D eigenvalue weighted by Gasteiger charge is -2.21. The minimum atomic E-state index is -0.0464. The number of benzene rings is 1. The number of ether oxygens (including phenoxy) is 2. The molecular formula is C15H18O2. The molecule has 1 atom stereocenters. The molecule has 1 fully saturated rings. The molecule has 1 unspecified atom stereocenters. The largest absolute Gasteiger partial charge is 0.353 e. The maximum absolute atomic E-state index is 5.55. The highest BCUT2D eigenvalue weighted by Gasteiger charge is 2.12. The predicted octanol–water partition coefficient (Wildman–Crippen LogP) is 2.89. The van der Waals surface area contributed by atoms with Crippen molar-refractivity contribution in [2.75, 3.05) is 13.2 Å². The van der Waals surface area contributed by atoms with Crippen LogP contribution in [0.1, 0.15) is 30.4 Å². The Hall–Kier alpha value is -1.30. The molecule has 0 radical (unpaired) electrons. The van der Waals surface area contributed by atoms with Crippen molar-refractivity contribution in [2.45, 2.75) is 32.5 Å². The van der Waals surface area contributed by atoms with E-state index in [1.807, 2.05) is 18.2 Å². The summed E-state index contributed by atoms with van der Waals surface area (Å²) in [5, 5.41) is 0. The lowest BCUT2D eigenvalue weighted by molar-refractivity contribution is -0.154. The van der Waals surface area contributed by atoms with Crippen molar-refractivity contribution in [2.24, 2.45) is 0 Å². The van der Waals surface area contributed by atoms with Crippen molar-refractivity contribution in [3.63, 3.8) is 0 Å². The van der Waals surface area contributed by atoms with Crippen LogP contribution in [-0.4, -0.2) is 19.5 Å². The van der Waals surface area contributed by atoms with Gasteiger partial charge < -0.3 is 9.47 Å². The molecule has 2 rings (SSSR count). The lowest BCUT2D eigenvalue weighted by atomic mass is 10.1. The van der Waals surface area contributed by atoms with Crippen LogP contribution in [0.3, 0.4) is 0 Å². The van der Waals surface area contributed by atoms with E-state index in [9.17, 15) is 0 Å². The Morgan fingerprint density at radius 2 is 2.24 bits per heavy atom. The molecule has 90 valence electrons. The molecular weight excluding hydrogens is 212 g/mol. The highest BCUT2D eigenvalue weighted by molar-refractivity contribution is 5.40. The van der Waals surface area contributed by atoms with Gasteiger partial charge in [0.2, 0.25) is 0 Å². The number of rotatable bonds is 2. The highest BCUT2D eigenvalue weighted by atomic mass is 16.7. The van der Waals surface area contributed by atoms with Crippen LogP contribution < -0.4 is 0 Å². The molecule has 1 saturated heterocycles. The fourth-order valence-corrected chi connectivity index (χ4v) is 1.82. The van der Waals surface area contributed by atoms with Gasteiger partial charge in [-0.3, -0.25) is 0 Å². The van der Waals surface area contributed by atoms with Crippen LogP contribution in [0.4, 0.5) is 0 Å². The van der Waals surface area contributed by atoms with E-state index < -0.39 is 0 Å². The van der Waals surface area contributed by atoms with Gasteiger partial charge >= 0.3 is 0 Å². The third-order valence-corrected chi connectivity index (χ3v) is 2.85. The average Bonchev–Trinajstić information content (AvgIpc) is 2.38. The zero-order valence-electron chi connectivity index (χ0n) is 10.2. The molecule has 0 spiro atoms. The molecule has 1 aliphatic heterocycles. The predicted molar refractivity (Wildman–Crippen MR) is 67.6 cm³/mol. The summed E-state index contributed by atoms with van der Waals surface area (Å²) < 4.78 is 11.0. The van der Waals surface area contributed by atoms with Crippen LogP contribution in [0, 0.1) is 18.8 Å². The van der Waals surface area contributed by atoms with Crippen molar-refractivity contribution >= 4 is 0 Å². The summed E-state index contributed by atoms with van der Waals surface area (Å²) in [6, 6.07) is 8.11. The van der Waals surface area contributed by atoms with Crippen molar-refractivity contribution in [3.05, 3.63) is 35.4 Å². The Labute approximate surface area is 103 Å². The standard InChI is InChI=1S/C15H18O2/c1-13-7-2-3-8-14(13)9-6-12-17-15-10-4-5-11-16-15/h2-3,7-8,15H,4-5,10-12H2,1H3. The number of hydrogen-bond acceptors (Lipinski definition) is 2. The van der Waals surface area contributed by atoms with Gasteiger partial charge in [0.15, 0.2) is 6.29 Å². The lowest BCUT2D eigenvalue weighted by Crippen LogP contribution is -2.22. The zero-order valence-corrected chi connectivity index (χ0v) is 10.2. The first-order valence-corrected chi connectivity index (χ1v) is 6.14. The van der Waals surface area contributed by atoms with Gasteiger partial charge in [0.1, 0.15) is 6.61 Å². The van der Waals surface area contributed by atoms with E-state index in [0.717, 1.165) is 25.0 Å². The second-order valence-corrected chi connectivity index (χ2v) is 4.22. The van der Waals surface area contributed by atoms with Gasteiger partial charge in [0, 0.05) is 12.2 Å². The molecule has 1 aromatic rings. The van der Waals surface area contributed by atoms with Gasteiger partial charge in [-0.15, -0.1) is 0 Å². The normalized spacial score (nSPS) is 19.5. The summed E-state index contributed by atoms with van der Waals surface area (Å²) in [5.41, 5.74) is 2.27. The third kappa shape index (κ3) is 3.89. The molecule has 1 heterocycles. The van der Waals surface area contributed by atoms with E-state index >= 15 is 0 Å². The minimum absolute atomic E-state index is 0.0464. The molecule has 0 amide bonds. The third-order valence-electron chi connectivity index (χ3n) is 2.85. The van der Waals surface area contributed by atoms with Gasteiger partial charge in [0.05, 0.1) is 0 Å². The second-order valence-electron chi connectivity index (χ2n) is 4.22. The fourth-order valence-electron chi connectivity index (χ4n) is 1.82. The van der Waals surface area contributed by atoms with Gasteiger partial charge in [-0.1, -0.05) is 30.0 Å². The summed E-state index contributed by atoms with van der Waals surface area (Å²) in [7, 11) is 0. The Bertz CT molecular complexity index is 408. The Kier molecular flexibility index (Phi) is 4.61. The summed E-state index contributed by atoms with van der Waals surface area (Å²) >= 11 is 0. The molecule has 2 heteroatoms. The summed E-state index contributed by atoms with van der Waals surface area (Å²) in [4.78, 5) is 0. The molecule has 0 aliphatic carbocycles. The van der Waals surface area contributed by atoms with E-state index in [2.05, 4.69) is 24.8 Å². The monoisotopic (exact) mass is 230 g/mol. The van der Waals surface area contributed by atoms with Crippen molar-refractivity contribution in [1.29, 1.82) is 0 Å². The SMILES string of the molecule is Cc1ccccc1C#CCOC1CCCCO1. The molecule has 0 bridgehead atoms. The molecule has 0 saturated carbocycles. The quantitative estimate of drug-likeness (QED) is 0.727. The second kappa shape index (κ2) is 6.44. The van der Waals surface area contributed by atoms with E-state index in [1.54, 1.807) is 0 Å². The molecule has 1 aromatic carbocycles. The molecule has 2 nitrogen and oxygen atoms in total. The molecule has 0 N–H and O–H groups in total. The first-order valence-electron chi connectivity index (χ1n) is 6.14. The maximum Gasteiger partial charge on any atom is 0.158 e. The Balaban J connectivity index is 1.80. The minimum Gasteiger partial charge on any atom is -0.353 e. The first-order chi connectivity index (χ1) is 8.36. The fraction of sp³-hybridized carbons (Fsp3) is 0.467. The van der Waals surface area contributed by atoms with Crippen molar-refractivity contribution in [1.82, 2.24) is 0 Å². The molecule has 0 aromatic heterocycles. The van der Waals surface area contributed by atoms with Crippen LogP contribution in [0.15, 0.2) is 24.3 Å². The van der Waals surface area contributed by atoms with E-state index in [4.69, 9.17) is 9.47 Å². The Morgan fingerprint density at radius 3 is 3.00 bits per heavy atom. The van der Waals surface area contributed by atoms with Crippen LogP contribution in [0.25, 0.3) is 0 Å². The van der Waals surface area contributed by atoms with Gasteiger partial charge in [-0.2, -0.15) is 0 Å². The van der Waals surface area contributed by atoms with Crippen molar-refractivity contribution < 1.29 is 9.47 Å². The Morgan fingerprint density at radius 1 is 1.35 bits per heavy atom. The van der Waals surface area contributed by atoms with E-state index in [-0.39, 0.29) is 6.29 Å². The summed E-state index contributed by atoms with van der Waals surface area (Å²) in [6.45, 7) is 3.32. The smallest absolute Gasteiger partial charge is 0.158 e. The van der Waals surface area contributed by atoms with Crippen LogP contribution in [0.5, 0.6) is 0 Å². The summed E-state index contributed by atoms with van der Waals surface area (Å²) in [5.74, 6) is 6.16.